The summed E-state index contributed by atoms with van der Waals surface area (Å²) in [5, 5.41) is 0. The summed E-state index contributed by atoms with van der Waals surface area (Å²) in [6, 6.07) is 0. The van der Waals surface area contributed by atoms with E-state index in [-0.39, 0.29) is 0 Å². The lowest BCUT2D eigenvalue weighted by Crippen LogP contribution is -2.96. The second-order valence-electron chi connectivity index (χ2n) is 6.48. The van der Waals surface area contributed by atoms with Crippen LogP contribution in [0.4, 0.5) is 8.22 Å². The normalized spacial score (nSPS) is 26.6. The number of nitrogens with zero attached hydrogens (tertiary/aromatic N) is 2. The lowest BCUT2D eigenvalue weighted by atomic mass is 11.9. The molecule has 1 heterocycles. The molecule has 0 spiro atoms. The van der Waals surface area contributed by atoms with Crippen LogP contribution in [0.2, 0.25) is 52.4 Å². The molecule has 1 fully saturated rings. The molecule has 0 aromatic rings. The molecule has 0 N–H and O–H groups in total. The first-order valence-electron chi connectivity index (χ1n) is 5.72. The fraction of sp³-hybridized carbons (Fsp3) is 1.00. The van der Waals surface area contributed by atoms with Crippen LogP contribution in [0.3, 0.4) is 0 Å². The van der Waals surface area contributed by atoms with Crippen LogP contribution in [0.15, 0.2) is 0 Å². The average molecular weight is 299 g/mol. The Hall–Kier alpha value is 0.648. The Morgan fingerprint density at radius 2 is 0.875 bits per heavy atom. The molecule has 1 aliphatic rings. The van der Waals surface area contributed by atoms with Gasteiger partial charge in [0.2, 0.25) is 0 Å². The number of hydrogen-bond donors (Lipinski definition) is 0. The molecule has 0 bridgehead atoms. The van der Waals surface area contributed by atoms with Crippen molar-refractivity contribution in [2.45, 2.75) is 52.4 Å². The number of halogens is 2. The van der Waals surface area contributed by atoms with Gasteiger partial charge in [-0.3, -0.25) is 8.22 Å². The maximum Gasteiger partial charge on any atom is 0.305 e. The molecule has 0 amide bonds. The highest BCUT2D eigenvalue weighted by Crippen LogP contribution is 2.46. The van der Waals surface area contributed by atoms with Gasteiger partial charge in [0.1, 0.15) is 0 Å². The summed E-state index contributed by atoms with van der Waals surface area (Å²) in [5.74, 6) is 0. The fourth-order valence-electron chi connectivity index (χ4n) is 4.10. The van der Waals surface area contributed by atoms with Gasteiger partial charge in [0.05, 0.1) is 0 Å². The Balaban J connectivity index is 3.15. The highest BCUT2D eigenvalue weighted by atomic mass is 28.6. The van der Waals surface area contributed by atoms with Crippen LogP contribution in [0.1, 0.15) is 0 Å². The first kappa shape index (κ1) is 14.7. The molecule has 1 saturated heterocycles. The molecule has 1 rings (SSSR count). The molecule has 0 saturated carbocycles. The van der Waals surface area contributed by atoms with E-state index in [1.54, 1.807) is 26.2 Å². The zero-order valence-electron chi connectivity index (χ0n) is 11.7. The van der Waals surface area contributed by atoms with Crippen molar-refractivity contribution in [3.05, 3.63) is 0 Å². The summed E-state index contributed by atoms with van der Waals surface area (Å²) >= 11 is 0. The standard InChI is InChI=1S/C8H24F2N2Si4/c1-13(2,9)11-15(5,6)12(14(3,4)10)16(11,7)8/h1-8H3. The Morgan fingerprint density at radius 3 is 1.00 bits per heavy atom. The first-order valence-corrected chi connectivity index (χ1v) is 17.2. The summed E-state index contributed by atoms with van der Waals surface area (Å²) in [5.41, 5.74) is 0. The lowest BCUT2D eigenvalue weighted by molar-refractivity contribution is 0.528. The molecule has 96 valence electrons. The molecule has 0 atom stereocenters. The first-order chi connectivity index (χ1) is 6.73. The highest BCUT2D eigenvalue weighted by molar-refractivity contribution is 7.18. The third-order valence-corrected chi connectivity index (χ3v) is 29.3. The minimum absolute atomic E-state index is 1.74. The minimum atomic E-state index is -2.79. The van der Waals surface area contributed by atoms with Gasteiger partial charge < -0.3 is 7.79 Å². The number of hydrogen-bond acceptors (Lipinski definition) is 2. The maximum atomic E-state index is 14.4. The summed E-state index contributed by atoms with van der Waals surface area (Å²) in [6.07, 6.45) is 0. The second-order valence-corrected chi connectivity index (χ2v) is 23.5. The van der Waals surface area contributed by atoms with Crippen LogP contribution >= 0.6 is 0 Å². The summed E-state index contributed by atoms with van der Waals surface area (Å²) in [6.45, 7) is 15.3. The molecule has 16 heavy (non-hydrogen) atoms. The van der Waals surface area contributed by atoms with Crippen LogP contribution in [0, 0.1) is 0 Å². The van der Waals surface area contributed by atoms with Crippen LogP contribution in [0.25, 0.3) is 0 Å². The van der Waals surface area contributed by atoms with E-state index in [9.17, 15) is 8.22 Å². The van der Waals surface area contributed by atoms with Gasteiger partial charge in [-0.05, 0) is 52.4 Å². The summed E-state index contributed by atoms with van der Waals surface area (Å²) < 4.78 is 33.1. The van der Waals surface area contributed by atoms with Crippen LogP contribution in [0.5, 0.6) is 0 Å². The van der Waals surface area contributed by atoms with E-state index >= 15 is 0 Å². The van der Waals surface area contributed by atoms with E-state index in [0.717, 1.165) is 0 Å². The van der Waals surface area contributed by atoms with Crippen LogP contribution in [-0.2, 0) is 0 Å². The van der Waals surface area contributed by atoms with Gasteiger partial charge in [0.25, 0.3) is 0 Å². The number of rotatable bonds is 2. The van der Waals surface area contributed by atoms with Gasteiger partial charge in [-0.2, -0.15) is 0 Å². The van der Waals surface area contributed by atoms with Crippen molar-refractivity contribution in [2.75, 3.05) is 0 Å². The molecule has 1 aliphatic heterocycles. The molecular weight excluding hydrogens is 274 g/mol. The SMILES string of the molecule is C[Si](C)(F)N1[Si](C)(C)N([Si](C)(C)F)[Si]1(C)C. The van der Waals surface area contributed by atoms with Gasteiger partial charge in [-0.1, -0.05) is 0 Å². The van der Waals surface area contributed by atoms with Crippen molar-refractivity contribution >= 4 is 33.9 Å². The quantitative estimate of drug-likeness (QED) is 0.570. The Kier molecular flexibility index (Phi) is 3.29. The average Bonchev–Trinajstić information content (AvgIpc) is 1.69. The molecule has 2 nitrogen and oxygen atoms in total. The maximum absolute atomic E-state index is 14.4. The van der Waals surface area contributed by atoms with Crippen molar-refractivity contribution in [3.63, 3.8) is 0 Å². The zero-order chi connectivity index (χ0) is 13.2. The summed E-state index contributed by atoms with van der Waals surface area (Å²) in [7, 11) is -9.62. The molecular formula is C8H24F2N2Si4. The second kappa shape index (κ2) is 3.57. The highest BCUT2D eigenvalue weighted by Gasteiger charge is 2.70. The summed E-state index contributed by atoms with van der Waals surface area (Å²) in [4.78, 5) is 0. The van der Waals surface area contributed by atoms with Gasteiger partial charge >= 0.3 is 17.1 Å². The largest absolute Gasteiger partial charge is 0.320 e. The van der Waals surface area contributed by atoms with Crippen molar-refractivity contribution in [3.8, 4) is 0 Å². The smallest absolute Gasteiger partial charge is 0.305 e. The molecule has 8 heteroatoms. The van der Waals surface area contributed by atoms with Crippen molar-refractivity contribution in [1.82, 2.24) is 7.79 Å². The Morgan fingerprint density at radius 1 is 0.688 bits per heavy atom. The van der Waals surface area contributed by atoms with Gasteiger partial charge in [-0.15, -0.1) is 0 Å². The predicted molar refractivity (Wildman–Crippen MR) is 75.8 cm³/mol. The lowest BCUT2D eigenvalue weighted by Gasteiger charge is -2.72. The van der Waals surface area contributed by atoms with Crippen molar-refractivity contribution in [2.24, 2.45) is 0 Å². The minimum Gasteiger partial charge on any atom is -0.320 e. The molecule has 0 unspecified atom stereocenters. The molecule has 0 aromatic heterocycles. The van der Waals surface area contributed by atoms with Gasteiger partial charge in [0, 0.05) is 0 Å². The van der Waals surface area contributed by atoms with E-state index in [2.05, 4.69) is 34.0 Å². The Bertz CT molecular complexity index is 253. The predicted octanol–water partition coefficient (Wildman–Crippen LogP) is 3.35. The van der Waals surface area contributed by atoms with E-state index in [1.165, 1.54) is 0 Å². The third-order valence-electron chi connectivity index (χ3n) is 3.25. The van der Waals surface area contributed by atoms with E-state index < -0.39 is 33.9 Å². The monoisotopic (exact) mass is 298 g/mol. The van der Waals surface area contributed by atoms with Gasteiger partial charge in [0.15, 0.2) is 16.8 Å². The van der Waals surface area contributed by atoms with E-state index in [1.807, 2.05) is 0 Å². The molecule has 0 aromatic carbocycles. The fourth-order valence-corrected chi connectivity index (χ4v) is 39.6. The van der Waals surface area contributed by atoms with Crippen molar-refractivity contribution in [1.29, 1.82) is 0 Å². The van der Waals surface area contributed by atoms with Crippen molar-refractivity contribution < 1.29 is 8.22 Å². The molecule has 0 aliphatic carbocycles. The van der Waals surface area contributed by atoms with E-state index in [0.29, 0.717) is 0 Å². The third kappa shape index (κ3) is 2.03. The van der Waals surface area contributed by atoms with E-state index in [4.69, 9.17) is 0 Å². The van der Waals surface area contributed by atoms with Crippen LogP contribution in [-0.4, -0.2) is 41.7 Å². The Labute approximate surface area is 102 Å². The zero-order valence-corrected chi connectivity index (χ0v) is 15.7. The molecule has 0 radical (unpaired) electrons. The van der Waals surface area contributed by atoms with Crippen LogP contribution < -0.4 is 0 Å². The topological polar surface area (TPSA) is 6.48 Å². The van der Waals surface area contributed by atoms with Gasteiger partial charge in [-0.25, -0.2) is 0 Å².